The standard InChI is InChI=1S/C23H17F3N2O3/c1-12(29)20-19-18(17-10-9-13-5-2-3-8-16(13)28(17)20)21(30)27(22(19)31)15-7-4-6-14(11-15)23(24,25)26/h2-11,17-20H,1H3/t17-,18-,19-,20-/m0/s1. The molecule has 0 bridgehead atoms. The molecule has 31 heavy (non-hydrogen) atoms. The zero-order valence-corrected chi connectivity index (χ0v) is 16.3. The average molecular weight is 426 g/mol. The Hall–Kier alpha value is -3.42. The Kier molecular flexibility index (Phi) is 4.12. The SMILES string of the molecule is CC(=O)[C@H]1[C@H]2C(=O)N(c3cccc(C(F)(F)F)c3)C(=O)[C@H]2[C@@H]2C=Cc3ccccc3N21. The summed E-state index contributed by atoms with van der Waals surface area (Å²) in [6.45, 7) is 1.37. The third kappa shape index (κ3) is 2.74. The zero-order chi connectivity index (χ0) is 22.1. The lowest BCUT2D eigenvalue weighted by molar-refractivity contribution is -0.137. The molecule has 0 spiro atoms. The van der Waals surface area contributed by atoms with Gasteiger partial charge >= 0.3 is 6.18 Å². The topological polar surface area (TPSA) is 57.7 Å². The number of amides is 2. The number of benzene rings is 2. The molecule has 0 aromatic heterocycles. The summed E-state index contributed by atoms with van der Waals surface area (Å²) in [7, 11) is 0. The molecule has 2 aromatic rings. The van der Waals surface area contributed by atoms with Gasteiger partial charge in [0.2, 0.25) is 11.8 Å². The van der Waals surface area contributed by atoms with Gasteiger partial charge in [-0.2, -0.15) is 13.2 Å². The Bertz CT molecular complexity index is 1160. The molecule has 5 rings (SSSR count). The quantitative estimate of drug-likeness (QED) is 0.688. The highest BCUT2D eigenvalue weighted by molar-refractivity contribution is 6.24. The van der Waals surface area contributed by atoms with Crippen LogP contribution in [-0.2, 0) is 20.6 Å². The molecule has 2 aromatic carbocycles. The van der Waals surface area contributed by atoms with E-state index in [1.807, 2.05) is 35.2 Å². The van der Waals surface area contributed by atoms with Crippen molar-refractivity contribution < 1.29 is 27.6 Å². The number of para-hydroxylation sites is 1. The monoisotopic (exact) mass is 426 g/mol. The van der Waals surface area contributed by atoms with Crippen LogP contribution < -0.4 is 9.80 Å². The molecule has 0 saturated carbocycles. The molecule has 2 amide bonds. The number of carbonyl (C=O) groups excluding carboxylic acids is 3. The fraction of sp³-hybridized carbons (Fsp3) is 0.261. The van der Waals surface area contributed by atoms with Crippen LogP contribution in [0.5, 0.6) is 0 Å². The van der Waals surface area contributed by atoms with Crippen LogP contribution in [-0.4, -0.2) is 29.7 Å². The van der Waals surface area contributed by atoms with Gasteiger partial charge < -0.3 is 4.90 Å². The van der Waals surface area contributed by atoms with Crippen molar-refractivity contribution in [3.63, 3.8) is 0 Å². The van der Waals surface area contributed by atoms with Crippen LogP contribution in [0.2, 0.25) is 0 Å². The smallest absolute Gasteiger partial charge is 0.353 e. The zero-order valence-electron chi connectivity index (χ0n) is 16.3. The van der Waals surface area contributed by atoms with E-state index in [2.05, 4.69) is 0 Å². The van der Waals surface area contributed by atoms with E-state index in [-0.39, 0.29) is 11.5 Å². The summed E-state index contributed by atoms with van der Waals surface area (Å²) >= 11 is 0. The maximum Gasteiger partial charge on any atom is 0.416 e. The Morgan fingerprint density at radius 1 is 0.968 bits per heavy atom. The number of nitrogens with zero attached hydrogens (tertiary/aromatic N) is 2. The summed E-state index contributed by atoms with van der Waals surface area (Å²) in [5.74, 6) is -3.30. The van der Waals surface area contributed by atoms with E-state index >= 15 is 0 Å². The van der Waals surface area contributed by atoms with Crippen LogP contribution in [0, 0.1) is 11.8 Å². The second kappa shape index (κ2) is 6.54. The van der Waals surface area contributed by atoms with Gasteiger partial charge in [-0.3, -0.25) is 14.4 Å². The third-order valence-corrected chi connectivity index (χ3v) is 6.26. The number of fused-ring (bicyclic) bond motifs is 5. The van der Waals surface area contributed by atoms with Gasteiger partial charge in [-0.25, -0.2) is 4.90 Å². The van der Waals surface area contributed by atoms with Gasteiger partial charge in [0.15, 0.2) is 5.78 Å². The molecule has 0 radical (unpaired) electrons. The number of alkyl halides is 3. The van der Waals surface area contributed by atoms with Crippen molar-refractivity contribution >= 4 is 35.0 Å². The normalized spacial score (nSPS) is 26.7. The van der Waals surface area contributed by atoms with Gasteiger partial charge in [0.05, 0.1) is 29.1 Å². The first kappa shape index (κ1) is 19.5. The van der Waals surface area contributed by atoms with Crippen molar-refractivity contribution in [3.8, 4) is 0 Å². The van der Waals surface area contributed by atoms with Crippen LogP contribution in [0.3, 0.4) is 0 Å². The number of rotatable bonds is 2. The molecular weight excluding hydrogens is 409 g/mol. The lowest BCUT2D eigenvalue weighted by atomic mass is 9.88. The predicted octanol–water partition coefficient (Wildman–Crippen LogP) is 3.68. The first-order valence-corrected chi connectivity index (χ1v) is 9.81. The summed E-state index contributed by atoms with van der Waals surface area (Å²) < 4.78 is 39.5. The molecule has 0 unspecified atom stereocenters. The highest BCUT2D eigenvalue weighted by atomic mass is 19.4. The van der Waals surface area contributed by atoms with Gasteiger partial charge in [0.1, 0.15) is 6.04 Å². The number of ketones is 1. The van der Waals surface area contributed by atoms with Crippen LogP contribution in [0.1, 0.15) is 18.1 Å². The van der Waals surface area contributed by atoms with Crippen LogP contribution in [0.15, 0.2) is 54.6 Å². The fourth-order valence-electron chi connectivity index (χ4n) is 5.05. The largest absolute Gasteiger partial charge is 0.416 e. The molecule has 3 aliphatic rings. The number of Topliss-reactive ketones (excluding diaryl/α,β-unsaturated/α-hetero) is 1. The van der Waals surface area contributed by atoms with Crippen molar-refractivity contribution in [1.82, 2.24) is 0 Å². The minimum absolute atomic E-state index is 0.131. The molecule has 158 valence electrons. The van der Waals surface area contributed by atoms with Gasteiger partial charge in [-0.15, -0.1) is 0 Å². The summed E-state index contributed by atoms with van der Waals surface area (Å²) in [6, 6.07) is 10.1. The van der Waals surface area contributed by atoms with E-state index < -0.39 is 47.5 Å². The molecule has 2 fully saturated rings. The van der Waals surface area contributed by atoms with Gasteiger partial charge in [0.25, 0.3) is 0 Å². The second-order valence-corrected chi connectivity index (χ2v) is 7.98. The van der Waals surface area contributed by atoms with E-state index in [1.54, 1.807) is 6.08 Å². The highest BCUT2D eigenvalue weighted by Gasteiger charge is 2.63. The van der Waals surface area contributed by atoms with Crippen molar-refractivity contribution in [2.45, 2.75) is 25.2 Å². The lowest BCUT2D eigenvalue weighted by Crippen LogP contribution is -2.48. The van der Waals surface area contributed by atoms with Crippen LogP contribution in [0.4, 0.5) is 24.5 Å². The number of carbonyl (C=O) groups is 3. The summed E-state index contributed by atoms with van der Waals surface area (Å²) in [6.07, 6.45) is -0.962. The van der Waals surface area contributed by atoms with Gasteiger partial charge in [-0.1, -0.05) is 36.4 Å². The van der Waals surface area contributed by atoms with Crippen molar-refractivity contribution in [3.05, 3.63) is 65.7 Å². The van der Waals surface area contributed by atoms with Crippen molar-refractivity contribution in [2.24, 2.45) is 11.8 Å². The molecule has 2 saturated heterocycles. The molecule has 4 atom stereocenters. The van der Waals surface area contributed by atoms with E-state index in [9.17, 15) is 27.6 Å². The van der Waals surface area contributed by atoms with Crippen LogP contribution in [0.25, 0.3) is 6.08 Å². The van der Waals surface area contributed by atoms with Crippen LogP contribution >= 0.6 is 0 Å². The Balaban J connectivity index is 1.60. The molecule has 5 nitrogen and oxygen atoms in total. The third-order valence-electron chi connectivity index (χ3n) is 6.26. The summed E-state index contributed by atoms with van der Waals surface area (Å²) in [5, 5.41) is 0. The highest BCUT2D eigenvalue weighted by Crippen LogP contribution is 2.49. The van der Waals surface area contributed by atoms with E-state index in [4.69, 9.17) is 0 Å². The lowest BCUT2D eigenvalue weighted by Gasteiger charge is -2.36. The molecule has 0 aliphatic carbocycles. The maximum atomic E-state index is 13.3. The van der Waals surface area contributed by atoms with Gasteiger partial charge in [0, 0.05) is 5.69 Å². The van der Waals surface area contributed by atoms with E-state index in [0.29, 0.717) is 0 Å². The first-order valence-electron chi connectivity index (χ1n) is 9.81. The van der Waals surface area contributed by atoms with Crippen molar-refractivity contribution in [2.75, 3.05) is 9.80 Å². The molecule has 3 aliphatic heterocycles. The molecular formula is C23H17F3N2O3. The van der Waals surface area contributed by atoms with E-state index in [0.717, 1.165) is 28.3 Å². The van der Waals surface area contributed by atoms with Crippen molar-refractivity contribution in [1.29, 1.82) is 0 Å². The number of hydrogen-bond donors (Lipinski definition) is 0. The second-order valence-electron chi connectivity index (χ2n) is 7.98. The number of imide groups is 1. The maximum absolute atomic E-state index is 13.3. The minimum Gasteiger partial charge on any atom is -0.353 e. The number of hydrogen-bond acceptors (Lipinski definition) is 4. The molecule has 0 N–H and O–H groups in total. The fourth-order valence-corrected chi connectivity index (χ4v) is 5.05. The Morgan fingerprint density at radius 3 is 2.39 bits per heavy atom. The molecule has 8 heteroatoms. The number of halogens is 3. The van der Waals surface area contributed by atoms with Gasteiger partial charge in [-0.05, 0) is 36.8 Å². The number of anilines is 2. The molecule has 3 heterocycles. The van der Waals surface area contributed by atoms with E-state index in [1.165, 1.54) is 19.1 Å². The predicted molar refractivity (Wildman–Crippen MR) is 107 cm³/mol. The average Bonchev–Trinajstić information content (AvgIpc) is 3.21. The Labute approximate surface area is 175 Å². The summed E-state index contributed by atoms with van der Waals surface area (Å²) in [5.41, 5.74) is 0.558. The minimum atomic E-state index is -4.60. The first-order chi connectivity index (χ1) is 14.7. The summed E-state index contributed by atoms with van der Waals surface area (Å²) in [4.78, 5) is 42.0. The Morgan fingerprint density at radius 2 is 1.68 bits per heavy atom.